The van der Waals surface area contributed by atoms with Crippen LogP contribution in [0, 0.1) is 5.82 Å². The van der Waals surface area contributed by atoms with Crippen LogP contribution in [-0.2, 0) is 9.59 Å². The Morgan fingerprint density at radius 2 is 1.35 bits per heavy atom. The highest BCUT2D eigenvalue weighted by Crippen LogP contribution is 2.33. The van der Waals surface area contributed by atoms with Crippen molar-refractivity contribution in [1.29, 1.82) is 0 Å². The first-order chi connectivity index (χ1) is 22.4. The van der Waals surface area contributed by atoms with Gasteiger partial charge in [0.2, 0.25) is 5.91 Å². The Hall–Kier alpha value is -5.47. The Labute approximate surface area is 272 Å². The van der Waals surface area contributed by atoms with Gasteiger partial charge in [0, 0.05) is 33.1 Å². The summed E-state index contributed by atoms with van der Waals surface area (Å²) in [5, 5.41) is 5.03. The Balaban J connectivity index is 1.37. The molecule has 1 unspecified atom stereocenters. The smallest absolute Gasteiger partial charge is 0.272 e. The van der Waals surface area contributed by atoms with Crippen LogP contribution in [0.15, 0.2) is 150 Å². The van der Waals surface area contributed by atoms with Crippen LogP contribution in [0.25, 0.3) is 6.08 Å². The van der Waals surface area contributed by atoms with E-state index in [9.17, 15) is 18.8 Å². The first-order valence-corrected chi connectivity index (χ1v) is 15.7. The summed E-state index contributed by atoms with van der Waals surface area (Å²) in [7, 11) is 0. The van der Waals surface area contributed by atoms with E-state index in [4.69, 9.17) is 0 Å². The molecule has 0 saturated carbocycles. The quantitative estimate of drug-likeness (QED) is 0.114. The Kier molecular flexibility index (Phi) is 10.8. The lowest BCUT2D eigenvalue weighted by Gasteiger charge is -2.27. The predicted molar refractivity (Wildman–Crippen MR) is 183 cm³/mol. The van der Waals surface area contributed by atoms with Gasteiger partial charge >= 0.3 is 0 Å². The van der Waals surface area contributed by atoms with Crippen molar-refractivity contribution in [2.45, 2.75) is 23.5 Å². The molecule has 5 aromatic rings. The maximum absolute atomic E-state index is 14.5. The number of carbonyl (C=O) groups excluding carboxylic acids is 3. The third-order valence-corrected chi connectivity index (χ3v) is 8.35. The van der Waals surface area contributed by atoms with Crippen LogP contribution < -0.4 is 15.5 Å². The van der Waals surface area contributed by atoms with Crippen molar-refractivity contribution in [2.24, 2.45) is 0 Å². The van der Waals surface area contributed by atoms with E-state index >= 15 is 0 Å². The Morgan fingerprint density at radius 3 is 1.96 bits per heavy atom. The molecular formula is C38H32FN3O3S. The summed E-state index contributed by atoms with van der Waals surface area (Å²) in [6.07, 6.45) is 1.87. The number of carbonyl (C=O) groups is 3. The third-order valence-electron chi connectivity index (χ3n) is 7.00. The lowest BCUT2D eigenvalue weighted by Crippen LogP contribution is -2.34. The van der Waals surface area contributed by atoms with Gasteiger partial charge in [0.05, 0.1) is 5.25 Å². The second-order valence-electron chi connectivity index (χ2n) is 10.2. The van der Waals surface area contributed by atoms with E-state index in [2.05, 4.69) is 10.6 Å². The Morgan fingerprint density at radius 1 is 0.761 bits per heavy atom. The van der Waals surface area contributed by atoms with Crippen molar-refractivity contribution < 1.29 is 18.8 Å². The molecular weight excluding hydrogens is 598 g/mol. The lowest BCUT2D eigenvalue weighted by atomic mass is 10.1. The van der Waals surface area contributed by atoms with E-state index < -0.39 is 22.9 Å². The zero-order chi connectivity index (χ0) is 32.3. The first kappa shape index (κ1) is 31.9. The van der Waals surface area contributed by atoms with Gasteiger partial charge in [0.15, 0.2) is 0 Å². The minimum Gasteiger partial charge on any atom is -0.321 e. The zero-order valence-corrected chi connectivity index (χ0v) is 25.9. The summed E-state index contributed by atoms with van der Waals surface area (Å²) < 4.78 is 14.5. The lowest BCUT2D eigenvalue weighted by molar-refractivity contribution is -0.117. The topological polar surface area (TPSA) is 78.5 Å². The SMILES string of the molecule is CCC(Sc1cccc(NC(=O)/C(=C\c2ccccc2F)NC(=O)c2ccccc2)c1)C(=O)N(c1ccccc1)c1ccccc1. The summed E-state index contributed by atoms with van der Waals surface area (Å²) in [5.41, 5.74) is 2.36. The molecule has 3 amide bonds. The van der Waals surface area contributed by atoms with Crippen LogP contribution in [0.3, 0.4) is 0 Å². The number of nitrogens with zero attached hydrogens (tertiary/aromatic N) is 1. The second-order valence-corrected chi connectivity index (χ2v) is 11.5. The van der Waals surface area contributed by atoms with Gasteiger partial charge in [-0.05, 0) is 73.2 Å². The summed E-state index contributed by atoms with van der Waals surface area (Å²) in [5.74, 6) is -1.74. The van der Waals surface area contributed by atoms with E-state index in [1.165, 1.54) is 30.0 Å². The molecule has 0 spiro atoms. The van der Waals surface area contributed by atoms with E-state index in [1.54, 1.807) is 65.6 Å². The van der Waals surface area contributed by atoms with Crippen LogP contribution in [-0.4, -0.2) is 23.0 Å². The normalized spacial score (nSPS) is 11.7. The van der Waals surface area contributed by atoms with E-state index in [0.717, 1.165) is 16.3 Å². The fraction of sp³-hybridized carbons (Fsp3) is 0.0789. The molecule has 5 rings (SSSR count). The number of amides is 3. The molecule has 0 fully saturated rings. The predicted octanol–water partition coefficient (Wildman–Crippen LogP) is 8.47. The standard InChI is InChI=1S/C38H32FN3O3S/c1-2-35(38(45)42(30-19-8-4-9-20-30)31-21-10-5-11-22-31)46-32-23-14-18-29(26-32)40-37(44)34(25-28-17-12-13-24-33(28)39)41-36(43)27-15-6-3-7-16-27/h3-26,35H,2H2,1H3,(H,40,44)(H,41,43)/b34-25+. The molecule has 6 nitrogen and oxygen atoms in total. The van der Waals surface area contributed by atoms with Crippen molar-refractivity contribution in [3.8, 4) is 0 Å². The van der Waals surface area contributed by atoms with Crippen LogP contribution in [0.2, 0.25) is 0 Å². The van der Waals surface area contributed by atoms with Gasteiger partial charge in [-0.3, -0.25) is 19.3 Å². The van der Waals surface area contributed by atoms with Gasteiger partial charge in [-0.25, -0.2) is 4.39 Å². The highest BCUT2D eigenvalue weighted by atomic mass is 32.2. The maximum Gasteiger partial charge on any atom is 0.272 e. The van der Waals surface area contributed by atoms with Crippen molar-refractivity contribution in [3.05, 3.63) is 162 Å². The fourth-order valence-corrected chi connectivity index (χ4v) is 5.76. The number of nitrogens with one attached hydrogen (secondary N) is 2. The monoisotopic (exact) mass is 629 g/mol. The van der Waals surface area contributed by atoms with Crippen molar-refractivity contribution in [1.82, 2.24) is 5.32 Å². The largest absolute Gasteiger partial charge is 0.321 e. The van der Waals surface area contributed by atoms with Gasteiger partial charge < -0.3 is 10.6 Å². The Bertz CT molecular complexity index is 1790. The molecule has 46 heavy (non-hydrogen) atoms. The number of anilines is 3. The second kappa shape index (κ2) is 15.5. The molecule has 0 aliphatic heterocycles. The molecule has 0 heterocycles. The number of halogens is 1. The maximum atomic E-state index is 14.5. The third kappa shape index (κ3) is 8.16. The van der Waals surface area contributed by atoms with Crippen LogP contribution in [0.5, 0.6) is 0 Å². The molecule has 1 atom stereocenters. The molecule has 8 heteroatoms. The van der Waals surface area contributed by atoms with Crippen LogP contribution in [0.1, 0.15) is 29.3 Å². The highest BCUT2D eigenvalue weighted by molar-refractivity contribution is 8.00. The van der Waals surface area contributed by atoms with Gasteiger partial charge in [-0.1, -0.05) is 85.8 Å². The summed E-state index contributed by atoms with van der Waals surface area (Å²) in [6, 6.07) is 40.6. The molecule has 0 bridgehead atoms. The number of hydrogen-bond acceptors (Lipinski definition) is 4. The van der Waals surface area contributed by atoms with Gasteiger partial charge in [-0.15, -0.1) is 11.8 Å². The van der Waals surface area contributed by atoms with Gasteiger partial charge in [0.1, 0.15) is 11.5 Å². The summed E-state index contributed by atoms with van der Waals surface area (Å²) >= 11 is 1.40. The average Bonchev–Trinajstić information content (AvgIpc) is 3.09. The number of benzene rings is 5. The number of rotatable bonds is 11. The molecule has 0 radical (unpaired) electrons. The summed E-state index contributed by atoms with van der Waals surface area (Å²) in [6.45, 7) is 1.96. The molecule has 230 valence electrons. The first-order valence-electron chi connectivity index (χ1n) is 14.8. The molecule has 5 aromatic carbocycles. The van der Waals surface area contributed by atoms with E-state index in [-0.39, 0.29) is 17.2 Å². The van der Waals surface area contributed by atoms with Gasteiger partial charge in [-0.2, -0.15) is 0 Å². The van der Waals surface area contributed by atoms with Crippen molar-refractivity contribution >= 4 is 52.6 Å². The minimum atomic E-state index is -0.628. The molecule has 2 N–H and O–H groups in total. The number of para-hydroxylation sites is 2. The molecule has 0 aromatic heterocycles. The zero-order valence-electron chi connectivity index (χ0n) is 25.1. The average molecular weight is 630 g/mol. The van der Waals surface area contributed by atoms with Gasteiger partial charge in [0.25, 0.3) is 11.8 Å². The number of hydrogen-bond donors (Lipinski definition) is 2. The highest BCUT2D eigenvalue weighted by Gasteiger charge is 2.27. The summed E-state index contributed by atoms with van der Waals surface area (Å²) in [4.78, 5) is 43.0. The minimum absolute atomic E-state index is 0.0712. The molecule has 0 saturated heterocycles. The molecule has 0 aliphatic rings. The fourth-order valence-electron chi connectivity index (χ4n) is 4.71. The van der Waals surface area contributed by atoms with Crippen molar-refractivity contribution in [2.75, 3.05) is 10.2 Å². The number of thioether (sulfide) groups is 1. The van der Waals surface area contributed by atoms with E-state index in [1.807, 2.05) is 73.7 Å². The molecule has 0 aliphatic carbocycles. The van der Waals surface area contributed by atoms with E-state index in [0.29, 0.717) is 17.7 Å². The van der Waals surface area contributed by atoms with Crippen molar-refractivity contribution in [3.63, 3.8) is 0 Å². The van der Waals surface area contributed by atoms with Crippen LogP contribution >= 0.6 is 11.8 Å². The van der Waals surface area contributed by atoms with Crippen LogP contribution in [0.4, 0.5) is 21.5 Å².